The first-order chi connectivity index (χ1) is 9.56. The van der Waals surface area contributed by atoms with E-state index < -0.39 is 0 Å². The van der Waals surface area contributed by atoms with Crippen molar-refractivity contribution in [3.8, 4) is 5.75 Å². The molecule has 6 nitrogen and oxygen atoms in total. The molecule has 0 atom stereocenters. The van der Waals surface area contributed by atoms with Gasteiger partial charge in [0.2, 0.25) is 0 Å². The molecule has 2 N–H and O–H groups in total. The van der Waals surface area contributed by atoms with Crippen LogP contribution in [0.25, 0.3) is 11.0 Å². The molecule has 0 spiro atoms. The molecule has 0 saturated heterocycles. The number of fused-ring (bicyclic) bond motifs is 1. The number of rotatable bonds is 2. The minimum absolute atomic E-state index is 0.0997. The van der Waals surface area contributed by atoms with E-state index in [1.807, 2.05) is 14.0 Å². The van der Waals surface area contributed by atoms with Gasteiger partial charge in [-0.1, -0.05) is 11.6 Å². The Bertz CT molecular complexity index is 799. The molecular weight excluding hydrogens is 278 g/mol. The molecular formula is C13H12ClN5O. The van der Waals surface area contributed by atoms with Crippen LogP contribution in [0.4, 0.5) is 11.5 Å². The molecule has 102 valence electrons. The van der Waals surface area contributed by atoms with Gasteiger partial charge in [0.25, 0.3) is 0 Å². The van der Waals surface area contributed by atoms with Gasteiger partial charge in [0.1, 0.15) is 17.9 Å². The van der Waals surface area contributed by atoms with Gasteiger partial charge in [-0.2, -0.15) is 5.10 Å². The smallest absolute Gasteiger partial charge is 0.163 e. The highest BCUT2D eigenvalue weighted by Crippen LogP contribution is 2.31. The van der Waals surface area contributed by atoms with Crippen molar-refractivity contribution < 1.29 is 5.11 Å². The second kappa shape index (κ2) is 4.64. The van der Waals surface area contributed by atoms with Crippen LogP contribution >= 0.6 is 11.6 Å². The topological polar surface area (TPSA) is 75.9 Å². The Balaban J connectivity index is 2.13. The number of aromatic nitrogens is 4. The van der Waals surface area contributed by atoms with E-state index in [9.17, 15) is 5.11 Å². The predicted octanol–water partition coefficient (Wildman–Crippen LogP) is 2.77. The Morgan fingerprint density at radius 2 is 2.10 bits per heavy atom. The maximum absolute atomic E-state index is 9.86. The molecule has 0 saturated carbocycles. The Kier molecular flexibility index (Phi) is 2.94. The quantitative estimate of drug-likeness (QED) is 0.710. The summed E-state index contributed by atoms with van der Waals surface area (Å²) in [6, 6.07) is 4.78. The number of hydrogen-bond donors (Lipinski definition) is 2. The van der Waals surface area contributed by atoms with Crippen LogP contribution in [0.5, 0.6) is 5.75 Å². The highest BCUT2D eigenvalue weighted by Gasteiger charge is 2.13. The summed E-state index contributed by atoms with van der Waals surface area (Å²) in [5.74, 6) is 0.681. The van der Waals surface area contributed by atoms with E-state index in [0.29, 0.717) is 16.5 Å². The van der Waals surface area contributed by atoms with Crippen LogP contribution in [0.1, 0.15) is 5.69 Å². The third kappa shape index (κ3) is 2.04. The van der Waals surface area contributed by atoms with E-state index in [1.165, 1.54) is 12.4 Å². The molecule has 2 heterocycles. The predicted molar refractivity (Wildman–Crippen MR) is 77.4 cm³/mol. The average molecular weight is 290 g/mol. The number of nitrogens with one attached hydrogen (secondary N) is 1. The largest absolute Gasteiger partial charge is 0.506 e. The zero-order valence-corrected chi connectivity index (χ0v) is 11.7. The van der Waals surface area contributed by atoms with Gasteiger partial charge in [0, 0.05) is 12.1 Å². The molecule has 20 heavy (non-hydrogen) atoms. The summed E-state index contributed by atoms with van der Waals surface area (Å²) in [7, 11) is 1.82. The van der Waals surface area contributed by atoms with E-state index >= 15 is 0 Å². The first-order valence-corrected chi connectivity index (χ1v) is 6.34. The van der Waals surface area contributed by atoms with Crippen LogP contribution in [0.3, 0.4) is 0 Å². The maximum Gasteiger partial charge on any atom is 0.163 e. The summed E-state index contributed by atoms with van der Waals surface area (Å²) in [4.78, 5) is 8.42. The minimum Gasteiger partial charge on any atom is -0.506 e. The van der Waals surface area contributed by atoms with Crippen LogP contribution in [-0.4, -0.2) is 24.9 Å². The number of nitrogens with zero attached hydrogens (tertiary/aromatic N) is 4. The van der Waals surface area contributed by atoms with Crippen LogP contribution in [-0.2, 0) is 7.05 Å². The van der Waals surface area contributed by atoms with Crippen molar-refractivity contribution in [1.29, 1.82) is 0 Å². The molecule has 0 unspecified atom stereocenters. The molecule has 0 amide bonds. The van der Waals surface area contributed by atoms with Crippen molar-refractivity contribution in [2.75, 3.05) is 5.32 Å². The van der Waals surface area contributed by atoms with E-state index in [1.54, 1.807) is 16.8 Å². The second-order valence-corrected chi connectivity index (χ2v) is 4.85. The Labute approximate surface area is 120 Å². The summed E-state index contributed by atoms with van der Waals surface area (Å²) in [5, 5.41) is 18.6. The van der Waals surface area contributed by atoms with Gasteiger partial charge in [-0.25, -0.2) is 9.97 Å². The zero-order valence-electron chi connectivity index (χ0n) is 10.9. The van der Waals surface area contributed by atoms with Gasteiger partial charge in [0.05, 0.1) is 16.8 Å². The molecule has 1 aromatic carbocycles. The van der Waals surface area contributed by atoms with Gasteiger partial charge < -0.3 is 10.4 Å². The monoisotopic (exact) mass is 289 g/mol. The zero-order chi connectivity index (χ0) is 14.3. The third-order valence-electron chi connectivity index (χ3n) is 3.01. The fraction of sp³-hybridized carbons (Fsp3) is 0.154. The standard InChI is InChI=1S/C13H12ClN5O/c1-7-11-12(15-6-16-13(11)19(2)18-7)17-9-5-8(14)3-4-10(9)20/h3-6,20H,1-2H3,(H,15,16,17). The van der Waals surface area contributed by atoms with Gasteiger partial charge in [-0.3, -0.25) is 4.68 Å². The fourth-order valence-corrected chi connectivity index (χ4v) is 2.28. The van der Waals surface area contributed by atoms with Crippen molar-refractivity contribution >= 4 is 34.1 Å². The number of anilines is 2. The summed E-state index contributed by atoms with van der Waals surface area (Å²) in [6.45, 7) is 1.88. The summed E-state index contributed by atoms with van der Waals surface area (Å²) >= 11 is 5.94. The molecule has 0 aliphatic heterocycles. The van der Waals surface area contributed by atoms with E-state index in [0.717, 1.165) is 16.7 Å². The lowest BCUT2D eigenvalue weighted by molar-refractivity contribution is 0.478. The molecule has 3 aromatic rings. The Hall–Kier alpha value is -2.34. The lowest BCUT2D eigenvalue weighted by Crippen LogP contribution is -1.97. The number of halogens is 1. The maximum atomic E-state index is 9.86. The van der Waals surface area contributed by atoms with Crippen LogP contribution < -0.4 is 5.32 Å². The summed E-state index contributed by atoms with van der Waals surface area (Å²) in [5.41, 5.74) is 2.02. The van der Waals surface area contributed by atoms with Crippen molar-refractivity contribution in [3.63, 3.8) is 0 Å². The number of aryl methyl sites for hydroxylation is 2. The van der Waals surface area contributed by atoms with Crippen molar-refractivity contribution in [2.45, 2.75) is 6.92 Å². The van der Waals surface area contributed by atoms with E-state index in [4.69, 9.17) is 11.6 Å². The summed E-state index contributed by atoms with van der Waals surface area (Å²) in [6.07, 6.45) is 1.45. The Morgan fingerprint density at radius 3 is 2.90 bits per heavy atom. The lowest BCUT2D eigenvalue weighted by atomic mass is 10.2. The first kappa shape index (κ1) is 12.7. The van der Waals surface area contributed by atoms with Gasteiger partial charge in [-0.05, 0) is 25.1 Å². The van der Waals surface area contributed by atoms with Gasteiger partial charge in [-0.15, -0.1) is 0 Å². The molecule has 0 radical (unpaired) electrons. The molecule has 0 fully saturated rings. The number of benzene rings is 1. The van der Waals surface area contributed by atoms with Crippen LogP contribution in [0, 0.1) is 6.92 Å². The number of phenols is 1. The minimum atomic E-state index is 0.0997. The van der Waals surface area contributed by atoms with E-state index in [2.05, 4.69) is 20.4 Å². The number of hydrogen-bond acceptors (Lipinski definition) is 5. The first-order valence-electron chi connectivity index (χ1n) is 5.96. The highest BCUT2D eigenvalue weighted by atomic mass is 35.5. The third-order valence-corrected chi connectivity index (χ3v) is 3.24. The van der Waals surface area contributed by atoms with Crippen molar-refractivity contribution in [2.24, 2.45) is 7.05 Å². The molecule has 0 aliphatic rings. The van der Waals surface area contributed by atoms with Crippen molar-refractivity contribution in [3.05, 3.63) is 35.2 Å². The van der Waals surface area contributed by atoms with Crippen LogP contribution in [0.15, 0.2) is 24.5 Å². The van der Waals surface area contributed by atoms with Gasteiger partial charge >= 0.3 is 0 Å². The van der Waals surface area contributed by atoms with E-state index in [-0.39, 0.29) is 5.75 Å². The molecule has 0 aliphatic carbocycles. The number of aromatic hydroxyl groups is 1. The molecule has 7 heteroatoms. The fourth-order valence-electron chi connectivity index (χ4n) is 2.11. The Morgan fingerprint density at radius 1 is 1.30 bits per heavy atom. The molecule has 0 bridgehead atoms. The van der Waals surface area contributed by atoms with Crippen molar-refractivity contribution in [1.82, 2.24) is 19.7 Å². The normalized spacial score (nSPS) is 10.9. The average Bonchev–Trinajstić information content (AvgIpc) is 2.71. The highest BCUT2D eigenvalue weighted by molar-refractivity contribution is 6.31. The SMILES string of the molecule is Cc1nn(C)c2ncnc(Nc3cc(Cl)ccc3O)c12. The van der Waals surface area contributed by atoms with Gasteiger partial charge in [0.15, 0.2) is 5.65 Å². The second-order valence-electron chi connectivity index (χ2n) is 4.42. The molecule has 3 rings (SSSR count). The number of phenolic OH excluding ortho intramolecular Hbond substituents is 1. The summed E-state index contributed by atoms with van der Waals surface area (Å²) < 4.78 is 1.69. The lowest BCUT2D eigenvalue weighted by Gasteiger charge is -2.09. The molecule has 2 aromatic heterocycles. The van der Waals surface area contributed by atoms with Crippen LogP contribution in [0.2, 0.25) is 5.02 Å².